The van der Waals surface area contributed by atoms with Crippen molar-refractivity contribution in [3.05, 3.63) is 30.3 Å². The molecule has 8 heteroatoms. The van der Waals surface area contributed by atoms with Gasteiger partial charge in [-0.3, -0.25) is 4.55 Å². The second-order valence-electron chi connectivity index (χ2n) is 5.49. The molecule has 162 valence electrons. The Kier molecular flexibility index (Phi) is 25.8. The van der Waals surface area contributed by atoms with Crippen molar-refractivity contribution in [2.75, 3.05) is 19.8 Å². The lowest BCUT2D eigenvalue weighted by Crippen LogP contribution is -2.04. The van der Waals surface area contributed by atoms with Crippen molar-refractivity contribution in [2.24, 2.45) is 0 Å². The molecule has 0 atom stereocenters. The van der Waals surface area contributed by atoms with E-state index in [-0.39, 0.29) is 12.8 Å². The van der Waals surface area contributed by atoms with E-state index in [9.17, 15) is 8.42 Å². The molecule has 0 radical (unpaired) electrons. The molecular formula is C19H39NO6S. The lowest BCUT2D eigenvalue weighted by Gasteiger charge is -2.00. The molecule has 0 aliphatic heterocycles. The number of benzene rings is 1. The van der Waals surface area contributed by atoms with Gasteiger partial charge in [-0.2, -0.15) is 8.42 Å². The van der Waals surface area contributed by atoms with Crippen LogP contribution in [-0.4, -0.2) is 37.9 Å². The number of unbranched alkanes of at least 4 members (excludes halogenated alkanes) is 6. The smallest absolute Gasteiger partial charge is 0.397 e. The first-order chi connectivity index (χ1) is 12.4. The molecule has 1 aromatic rings. The van der Waals surface area contributed by atoms with Crippen LogP contribution in [0.4, 0.5) is 0 Å². The van der Waals surface area contributed by atoms with E-state index >= 15 is 0 Å². The van der Waals surface area contributed by atoms with Crippen LogP contribution in [0.3, 0.4) is 0 Å². The fourth-order valence-electron chi connectivity index (χ4n) is 1.86. The van der Waals surface area contributed by atoms with Gasteiger partial charge in [0.05, 0.1) is 6.61 Å². The predicted molar refractivity (Wildman–Crippen MR) is 111 cm³/mol. The highest BCUT2D eigenvalue weighted by atomic mass is 32.3. The van der Waals surface area contributed by atoms with Crippen molar-refractivity contribution < 1.29 is 27.0 Å². The van der Waals surface area contributed by atoms with Gasteiger partial charge in [0.1, 0.15) is 5.75 Å². The first kappa shape index (κ1) is 30.5. The highest BCUT2D eigenvalue weighted by Gasteiger charge is 2.02. The number of ether oxygens (including phenoxy) is 1. The highest BCUT2D eigenvalue weighted by molar-refractivity contribution is 7.80. The van der Waals surface area contributed by atoms with Gasteiger partial charge in [-0.1, -0.05) is 63.6 Å². The van der Waals surface area contributed by atoms with Crippen LogP contribution in [0.1, 0.15) is 65.7 Å². The second kappa shape index (κ2) is 22.9. The summed E-state index contributed by atoms with van der Waals surface area (Å²) in [7, 11) is -4.23. The molecule has 0 unspecified atom stereocenters. The van der Waals surface area contributed by atoms with Crippen LogP contribution >= 0.6 is 0 Å². The molecule has 0 heterocycles. The summed E-state index contributed by atoms with van der Waals surface area (Å²) in [4.78, 5) is 0. The molecule has 1 rings (SSSR count). The molecule has 5 N–H and O–H groups in total. The van der Waals surface area contributed by atoms with Gasteiger partial charge < -0.3 is 16.0 Å². The Morgan fingerprint density at radius 1 is 0.852 bits per heavy atom. The normalized spacial score (nSPS) is 9.93. The van der Waals surface area contributed by atoms with E-state index in [2.05, 4.69) is 11.1 Å². The summed E-state index contributed by atoms with van der Waals surface area (Å²) in [5.74, 6) is 0.322. The third-order valence-electron chi connectivity index (χ3n) is 3.14. The molecule has 0 saturated heterocycles. The maximum absolute atomic E-state index is 10.1. The molecule has 0 aromatic heterocycles. The second-order valence-corrected chi connectivity index (χ2v) is 6.58. The molecule has 0 spiro atoms. The largest absolute Gasteiger partial charge is 0.508 e. The lowest BCUT2D eigenvalue weighted by atomic mass is 10.1. The average Bonchev–Trinajstić information content (AvgIpc) is 2.59. The zero-order chi connectivity index (χ0) is 20.1. The SMILES string of the molecule is CCCCCCCCCOS(=O)(=O)O.CCOCC.N.Oc1ccccc1. The molecule has 0 saturated carbocycles. The van der Waals surface area contributed by atoms with Crippen LogP contribution < -0.4 is 6.15 Å². The van der Waals surface area contributed by atoms with Crippen molar-refractivity contribution in [2.45, 2.75) is 65.7 Å². The van der Waals surface area contributed by atoms with Crippen LogP contribution in [0, 0.1) is 0 Å². The molecule has 0 aliphatic rings. The van der Waals surface area contributed by atoms with Crippen molar-refractivity contribution in [3.63, 3.8) is 0 Å². The minimum Gasteiger partial charge on any atom is -0.508 e. The monoisotopic (exact) mass is 409 g/mol. The topological polar surface area (TPSA) is 128 Å². The van der Waals surface area contributed by atoms with Gasteiger partial charge >= 0.3 is 10.4 Å². The van der Waals surface area contributed by atoms with Crippen molar-refractivity contribution >= 4 is 10.4 Å². The van der Waals surface area contributed by atoms with Crippen LogP contribution in [0.5, 0.6) is 5.75 Å². The Hall–Kier alpha value is -1.19. The maximum Gasteiger partial charge on any atom is 0.397 e. The number of rotatable bonds is 11. The zero-order valence-corrected chi connectivity index (χ0v) is 17.9. The van der Waals surface area contributed by atoms with Crippen molar-refractivity contribution in [1.29, 1.82) is 0 Å². The predicted octanol–water partition coefficient (Wildman–Crippen LogP) is 5.15. The number of para-hydroxylation sites is 1. The summed E-state index contributed by atoms with van der Waals surface area (Å²) in [5, 5.41) is 8.63. The minimum absolute atomic E-state index is 0. The van der Waals surface area contributed by atoms with Crippen LogP contribution in [0.25, 0.3) is 0 Å². The van der Waals surface area contributed by atoms with E-state index in [1.807, 2.05) is 19.9 Å². The molecule has 0 bridgehead atoms. The first-order valence-corrected chi connectivity index (χ1v) is 10.7. The van der Waals surface area contributed by atoms with Gasteiger partial charge in [-0.15, -0.1) is 0 Å². The molecule has 0 amide bonds. The number of phenols is 1. The fourth-order valence-corrected chi connectivity index (χ4v) is 2.18. The number of hydrogen-bond donors (Lipinski definition) is 3. The Balaban J connectivity index is -0.000000368. The van der Waals surface area contributed by atoms with Gasteiger partial charge in [0.15, 0.2) is 0 Å². The third kappa shape index (κ3) is 32.9. The minimum atomic E-state index is -4.23. The van der Waals surface area contributed by atoms with E-state index in [0.29, 0.717) is 12.2 Å². The van der Waals surface area contributed by atoms with Crippen molar-refractivity contribution in [1.82, 2.24) is 6.15 Å². The van der Waals surface area contributed by atoms with Gasteiger partial charge in [-0.25, -0.2) is 4.18 Å². The molecule has 0 aliphatic carbocycles. The third-order valence-corrected chi connectivity index (χ3v) is 3.61. The molecular weight excluding hydrogens is 370 g/mol. The summed E-state index contributed by atoms with van der Waals surface area (Å²) in [6.07, 6.45) is 7.68. The summed E-state index contributed by atoms with van der Waals surface area (Å²) in [6.45, 7) is 7.92. The molecule has 1 aromatic carbocycles. The lowest BCUT2D eigenvalue weighted by molar-refractivity contribution is 0.162. The van der Waals surface area contributed by atoms with Gasteiger partial charge in [0.25, 0.3) is 0 Å². The summed E-state index contributed by atoms with van der Waals surface area (Å²) >= 11 is 0. The number of aromatic hydroxyl groups is 1. The average molecular weight is 410 g/mol. The maximum atomic E-state index is 10.1. The van der Waals surface area contributed by atoms with E-state index in [1.165, 1.54) is 25.7 Å². The number of hydrogen-bond acceptors (Lipinski definition) is 6. The Morgan fingerprint density at radius 2 is 1.33 bits per heavy atom. The van der Waals surface area contributed by atoms with E-state index in [0.717, 1.165) is 26.1 Å². The summed E-state index contributed by atoms with van der Waals surface area (Å²) < 4.78 is 37.5. The summed E-state index contributed by atoms with van der Waals surface area (Å²) in [5.41, 5.74) is 0. The van der Waals surface area contributed by atoms with Gasteiger partial charge in [0.2, 0.25) is 0 Å². The molecule has 27 heavy (non-hydrogen) atoms. The van der Waals surface area contributed by atoms with E-state index in [4.69, 9.17) is 14.4 Å². The highest BCUT2D eigenvalue weighted by Crippen LogP contribution is 2.07. The number of phenolic OH excluding ortho intramolecular Hbond substituents is 1. The van der Waals surface area contributed by atoms with Crippen LogP contribution in [0.15, 0.2) is 30.3 Å². The first-order valence-electron chi connectivity index (χ1n) is 9.30. The molecule has 7 nitrogen and oxygen atoms in total. The van der Waals surface area contributed by atoms with Crippen LogP contribution in [0.2, 0.25) is 0 Å². The zero-order valence-electron chi connectivity index (χ0n) is 17.1. The Labute approximate surface area is 165 Å². The fraction of sp³-hybridized carbons (Fsp3) is 0.684. The summed E-state index contributed by atoms with van der Waals surface area (Å²) in [6, 6.07) is 8.71. The standard InChI is InChI=1S/C9H20O4S.C6H6O.C4H10O.H3N/c1-2-3-4-5-6-7-8-9-13-14(10,11)12;7-6-4-2-1-3-5-6;1-3-5-4-2;/h2-9H2,1H3,(H,10,11,12);1-5,7H;3-4H2,1-2H3;1H3. The Morgan fingerprint density at radius 3 is 1.67 bits per heavy atom. The van der Waals surface area contributed by atoms with E-state index < -0.39 is 10.4 Å². The van der Waals surface area contributed by atoms with Gasteiger partial charge in [-0.05, 0) is 32.4 Å². The van der Waals surface area contributed by atoms with Crippen LogP contribution in [-0.2, 0) is 19.3 Å². The van der Waals surface area contributed by atoms with Crippen molar-refractivity contribution in [3.8, 4) is 5.75 Å². The van der Waals surface area contributed by atoms with E-state index in [1.54, 1.807) is 24.3 Å². The Bertz CT molecular complexity index is 480. The van der Waals surface area contributed by atoms with Gasteiger partial charge in [0, 0.05) is 13.2 Å². The quantitative estimate of drug-likeness (QED) is 0.340. The molecule has 0 fully saturated rings.